The number of nitrogens with zero attached hydrogens (tertiary/aromatic N) is 1. The van der Waals surface area contributed by atoms with Crippen molar-refractivity contribution in [2.45, 2.75) is 11.4 Å². The van der Waals surface area contributed by atoms with Crippen molar-refractivity contribution in [1.82, 2.24) is 9.62 Å². The molecule has 0 fully saturated rings. The molecular formula is C17H19ClN2O4S. The molecule has 1 amide bonds. The molecule has 2 aromatic carbocycles. The van der Waals surface area contributed by atoms with E-state index in [-0.39, 0.29) is 24.0 Å². The lowest BCUT2D eigenvalue weighted by Crippen LogP contribution is -2.27. The molecule has 6 nitrogen and oxygen atoms in total. The van der Waals surface area contributed by atoms with E-state index in [1.807, 2.05) is 0 Å². The minimum absolute atomic E-state index is 0.0948. The summed E-state index contributed by atoms with van der Waals surface area (Å²) >= 11 is 6.02. The van der Waals surface area contributed by atoms with Crippen molar-refractivity contribution in [2.24, 2.45) is 0 Å². The highest BCUT2D eigenvalue weighted by Crippen LogP contribution is 2.18. The van der Waals surface area contributed by atoms with Crippen LogP contribution in [0.3, 0.4) is 0 Å². The summed E-state index contributed by atoms with van der Waals surface area (Å²) in [6, 6.07) is 12.9. The van der Waals surface area contributed by atoms with Crippen LogP contribution >= 0.6 is 11.6 Å². The maximum atomic E-state index is 12.3. The van der Waals surface area contributed by atoms with Gasteiger partial charge < -0.3 is 9.64 Å². The molecule has 0 aliphatic carbocycles. The molecule has 0 spiro atoms. The molecule has 0 radical (unpaired) electrons. The van der Waals surface area contributed by atoms with Crippen molar-refractivity contribution >= 4 is 27.5 Å². The Bertz CT molecular complexity index is 836. The van der Waals surface area contributed by atoms with Crippen molar-refractivity contribution < 1.29 is 17.9 Å². The number of ether oxygens (including phenoxy) is 1. The van der Waals surface area contributed by atoms with Crippen molar-refractivity contribution in [2.75, 3.05) is 20.7 Å². The third-order valence-electron chi connectivity index (χ3n) is 3.41. The number of nitrogens with one attached hydrogen (secondary N) is 1. The van der Waals surface area contributed by atoms with E-state index >= 15 is 0 Å². The normalized spacial score (nSPS) is 11.2. The summed E-state index contributed by atoms with van der Waals surface area (Å²) in [4.78, 5) is 13.0. The van der Waals surface area contributed by atoms with E-state index in [9.17, 15) is 13.2 Å². The quantitative estimate of drug-likeness (QED) is 0.797. The van der Waals surface area contributed by atoms with Crippen LogP contribution in [-0.2, 0) is 21.4 Å². The van der Waals surface area contributed by atoms with Gasteiger partial charge in [-0.1, -0.05) is 29.8 Å². The van der Waals surface area contributed by atoms with Crippen LogP contribution in [0.4, 0.5) is 0 Å². The molecule has 0 atom stereocenters. The number of halogens is 1. The molecule has 25 heavy (non-hydrogen) atoms. The number of benzene rings is 2. The fraction of sp³-hybridized carbons (Fsp3) is 0.235. The number of sulfonamides is 1. The van der Waals surface area contributed by atoms with Crippen LogP contribution in [0.2, 0.25) is 5.02 Å². The molecule has 0 aliphatic rings. The van der Waals surface area contributed by atoms with Crippen molar-refractivity contribution in [1.29, 1.82) is 0 Å². The molecule has 0 unspecified atom stereocenters. The lowest BCUT2D eigenvalue weighted by Gasteiger charge is -2.12. The van der Waals surface area contributed by atoms with Crippen LogP contribution in [0, 0.1) is 0 Å². The van der Waals surface area contributed by atoms with Gasteiger partial charge in [0.25, 0.3) is 5.91 Å². The van der Waals surface area contributed by atoms with Gasteiger partial charge >= 0.3 is 0 Å². The Morgan fingerprint density at radius 1 is 1.12 bits per heavy atom. The lowest BCUT2D eigenvalue weighted by atomic mass is 10.2. The number of hydrogen-bond donors (Lipinski definition) is 1. The van der Waals surface area contributed by atoms with E-state index in [2.05, 4.69) is 4.72 Å². The zero-order valence-electron chi connectivity index (χ0n) is 13.9. The van der Waals surface area contributed by atoms with Gasteiger partial charge in [0, 0.05) is 25.7 Å². The van der Waals surface area contributed by atoms with E-state index in [0.29, 0.717) is 16.3 Å². The second-order valence-electron chi connectivity index (χ2n) is 5.46. The first-order valence-electron chi connectivity index (χ1n) is 7.45. The zero-order chi connectivity index (χ0) is 18.4. The first kappa shape index (κ1) is 19.2. The van der Waals surface area contributed by atoms with Gasteiger partial charge in [0.1, 0.15) is 5.75 Å². The molecule has 8 heteroatoms. The highest BCUT2D eigenvalue weighted by molar-refractivity contribution is 7.89. The zero-order valence-corrected chi connectivity index (χ0v) is 15.5. The fourth-order valence-corrected chi connectivity index (χ4v) is 3.10. The first-order chi connectivity index (χ1) is 11.8. The number of rotatable bonds is 7. The second-order valence-corrected chi connectivity index (χ2v) is 7.64. The van der Waals surface area contributed by atoms with Crippen molar-refractivity contribution in [3.05, 3.63) is 59.1 Å². The molecule has 0 saturated carbocycles. The Morgan fingerprint density at radius 2 is 1.76 bits per heavy atom. The Kier molecular flexibility index (Phi) is 6.41. The predicted molar refractivity (Wildman–Crippen MR) is 96.1 cm³/mol. The van der Waals surface area contributed by atoms with Gasteiger partial charge in [-0.05, 0) is 35.9 Å². The SMILES string of the molecule is CN(C)C(=O)COc1ccc(S(=O)(=O)NCc2ccccc2Cl)cc1. The monoisotopic (exact) mass is 382 g/mol. The van der Waals surface area contributed by atoms with Crippen molar-refractivity contribution in [3.63, 3.8) is 0 Å². The summed E-state index contributed by atoms with van der Waals surface area (Å²) in [5, 5.41) is 0.500. The summed E-state index contributed by atoms with van der Waals surface area (Å²) in [5.41, 5.74) is 0.690. The Balaban J connectivity index is 2.00. The van der Waals surface area contributed by atoms with E-state index in [1.165, 1.54) is 29.2 Å². The maximum Gasteiger partial charge on any atom is 0.259 e. The third kappa shape index (κ3) is 5.45. The molecule has 134 valence electrons. The summed E-state index contributed by atoms with van der Waals surface area (Å²) in [5.74, 6) is 0.235. The summed E-state index contributed by atoms with van der Waals surface area (Å²) in [6.07, 6.45) is 0. The van der Waals surface area contributed by atoms with Crippen LogP contribution < -0.4 is 9.46 Å². The highest BCUT2D eigenvalue weighted by atomic mass is 35.5. The van der Waals surface area contributed by atoms with Gasteiger partial charge in [0.05, 0.1) is 4.90 Å². The summed E-state index contributed by atoms with van der Waals surface area (Å²) in [7, 11) is -0.414. The smallest absolute Gasteiger partial charge is 0.259 e. The molecule has 0 heterocycles. The minimum atomic E-state index is -3.68. The number of amides is 1. The van der Waals surface area contributed by atoms with E-state index in [4.69, 9.17) is 16.3 Å². The van der Waals surface area contributed by atoms with Gasteiger partial charge in [0.15, 0.2) is 6.61 Å². The number of carbonyl (C=O) groups excluding carboxylic acids is 1. The van der Waals surface area contributed by atoms with Crippen molar-refractivity contribution in [3.8, 4) is 5.75 Å². The molecule has 1 N–H and O–H groups in total. The molecule has 0 aromatic heterocycles. The lowest BCUT2D eigenvalue weighted by molar-refractivity contribution is -0.130. The van der Waals surface area contributed by atoms with Crippen LogP contribution in [0.15, 0.2) is 53.4 Å². The van der Waals surface area contributed by atoms with Gasteiger partial charge in [-0.25, -0.2) is 13.1 Å². The standard InChI is InChI=1S/C17H19ClN2O4S/c1-20(2)17(21)12-24-14-7-9-15(10-8-14)25(22,23)19-11-13-5-3-4-6-16(13)18/h3-10,19H,11-12H2,1-2H3. The Morgan fingerprint density at radius 3 is 2.36 bits per heavy atom. The highest BCUT2D eigenvalue weighted by Gasteiger charge is 2.14. The molecule has 2 rings (SSSR count). The average molecular weight is 383 g/mol. The summed E-state index contributed by atoms with van der Waals surface area (Å²) < 4.78 is 32.5. The summed E-state index contributed by atoms with van der Waals surface area (Å²) in [6.45, 7) is -0.0125. The Labute approximate surface area is 152 Å². The van der Waals surface area contributed by atoms with Crippen LogP contribution in [-0.4, -0.2) is 39.9 Å². The molecule has 2 aromatic rings. The fourth-order valence-electron chi connectivity index (χ4n) is 1.89. The molecule has 0 bridgehead atoms. The van der Waals surface area contributed by atoms with E-state index in [0.717, 1.165) is 0 Å². The largest absolute Gasteiger partial charge is 0.484 e. The second kappa shape index (κ2) is 8.33. The molecular weight excluding hydrogens is 364 g/mol. The predicted octanol–water partition coefficient (Wildman–Crippen LogP) is 2.29. The van der Waals surface area contributed by atoms with Crippen LogP contribution in [0.1, 0.15) is 5.56 Å². The number of likely N-dealkylation sites (N-methyl/N-ethyl adjacent to an activating group) is 1. The van der Waals surface area contributed by atoms with Gasteiger partial charge in [-0.15, -0.1) is 0 Å². The van der Waals surface area contributed by atoms with Crippen LogP contribution in [0.25, 0.3) is 0 Å². The number of carbonyl (C=O) groups is 1. The van der Waals surface area contributed by atoms with Gasteiger partial charge in [0.2, 0.25) is 10.0 Å². The Hall–Kier alpha value is -2.09. The third-order valence-corrected chi connectivity index (χ3v) is 5.19. The van der Waals surface area contributed by atoms with Gasteiger partial charge in [-0.3, -0.25) is 4.79 Å². The van der Waals surface area contributed by atoms with E-state index < -0.39 is 10.0 Å². The minimum Gasteiger partial charge on any atom is -0.484 e. The first-order valence-corrected chi connectivity index (χ1v) is 9.32. The van der Waals surface area contributed by atoms with Gasteiger partial charge in [-0.2, -0.15) is 0 Å². The molecule has 0 saturated heterocycles. The molecule has 0 aliphatic heterocycles. The maximum absolute atomic E-state index is 12.3. The average Bonchev–Trinajstić information content (AvgIpc) is 2.59. The number of hydrogen-bond acceptors (Lipinski definition) is 4. The van der Waals surface area contributed by atoms with E-state index in [1.54, 1.807) is 38.4 Å². The topological polar surface area (TPSA) is 75.7 Å². The van der Waals surface area contributed by atoms with Crippen LogP contribution in [0.5, 0.6) is 5.75 Å².